The Hall–Kier alpha value is -2.56. The van der Waals surface area contributed by atoms with Gasteiger partial charge in [0.1, 0.15) is 23.5 Å². The Kier molecular flexibility index (Phi) is 5.25. The summed E-state index contributed by atoms with van der Waals surface area (Å²) in [4.78, 5) is 9.09. The number of nitriles is 1. The number of hydrogen-bond donors (Lipinski definition) is 0. The minimum atomic E-state index is -0.563. The summed E-state index contributed by atoms with van der Waals surface area (Å²) >= 11 is 0. The largest absolute Gasteiger partial charge is 0.376 e. The summed E-state index contributed by atoms with van der Waals surface area (Å²) in [5.41, 5.74) is 3.05. The molecule has 1 saturated heterocycles. The normalized spacial score (nSPS) is 19.9. The smallest absolute Gasteiger partial charge is 0.146 e. The van der Waals surface area contributed by atoms with Crippen molar-refractivity contribution < 1.29 is 13.5 Å². The number of hydrogen-bond acceptors (Lipinski definition) is 5. The average molecular weight is 384 g/mol. The molecule has 1 atom stereocenters. The SMILES string of the molecule is CC1CN(c2nc3c(cc2C#N)COCC3)CCN1Cc1ccc(F)cc1F. The van der Waals surface area contributed by atoms with E-state index in [0.717, 1.165) is 29.6 Å². The van der Waals surface area contributed by atoms with Crippen molar-refractivity contribution in [1.29, 1.82) is 5.26 Å². The zero-order chi connectivity index (χ0) is 19.7. The number of rotatable bonds is 3. The van der Waals surface area contributed by atoms with Crippen molar-refractivity contribution in [2.75, 3.05) is 31.1 Å². The number of pyridine rings is 1. The van der Waals surface area contributed by atoms with E-state index in [2.05, 4.69) is 22.8 Å². The molecule has 3 heterocycles. The number of aromatic nitrogens is 1. The second-order valence-electron chi connectivity index (χ2n) is 7.38. The van der Waals surface area contributed by atoms with Crippen molar-refractivity contribution in [1.82, 2.24) is 9.88 Å². The number of piperazine rings is 1. The molecule has 1 unspecified atom stereocenters. The van der Waals surface area contributed by atoms with Gasteiger partial charge >= 0.3 is 0 Å². The van der Waals surface area contributed by atoms with E-state index in [1.54, 1.807) is 0 Å². The zero-order valence-corrected chi connectivity index (χ0v) is 15.8. The third kappa shape index (κ3) is 3.71. The maximum Gasteiger partial charge on any atom is 0.146 e. The van der Waals surface area contributed by atoms with Crippen LogP contribution in [0, 0.1) is 23.0 Å². The van der Waals surface area contributed by atoms with Gasteiger partial charge in [-0.15, -0.1) is 0 Å². The summed E-state index contributed by atoms with van der Waals surface area (Å²) in [7, 11) is 0. The van der Waals surface area contributed by atoms with E-state index in [9.17, 15) is 14.0 Å². The first-order valence-electron chi connectivity index (χ1n) is 9.48. The van der Waals surface area contributed by atoms with Crippen LogP contribution in [0.15, 0.2) is 24.3 Å². The number of halogens is 2. The van der Waals surface area contributed by atoms with Gasteiger partial charge in [0.2, 0.25) is 0 Å². The molecule has 1 aromatic carbocycles. The first-order valence-corrected chi connectivity index (χ1v) is 9.48. The van der Waals surface area contributed by atoms with Crippen molar-refractivity contribution in [3.8, 4) is 6.07 Å². The molecule has 0 amide bonds. The quantitative estimate of drug-likeness (QED) is 0.814. The standard InChI is InChI=1S/C21H22F2N4O/c1-14-11-27(6-5-26(14)12-15-2-3-18(22)9-19(15)23)21-16(10-24)8-17-13-28-7-4-20(17)25-21/h2-3,8-9,14H,4-7,11-13H2,1H3. The fraction of sp³-hybridized carbons (Fsp3) is 0.429. The van der Waals surface area contributed by atoms with Gasteiger partial charge in [0, 0.05) is 55.8 Å². The monoisotopic (exact) mass is 384 g/mol. The van der Waals surface area contributed by atoms with Crippen molar-refractivity contribution in [3.05, 3.63) is 58.3 Å². The van der Waals surface area contributed by atoms with E-state index in [0.29, 0.717) is 50.5 Å². The fourth-order valence-electron chi connectivity index (χ4n) is 3.89. The number of ether oxygens (including phenoxy) is 1. The van der Waals surface area contributed by atoms with E-state index in [1.807, 2.05) is 6.07 Å². The molecule has 1 fully saturated rings. The lowest BCUT2D eigenvalue weighted by Gasteiger charge is -2.41. The van der Waals surface area contributed by atoms with E-state index in [4.69, 9.17) is 9.72 Å². The molecule has 0 N–H and O–H groups in total. The second-order valence-corrected chi connectivity index (χ2v) is 7.38. The molecule has 2 aliphatic rings. The van der Waals surface area contributed by atoms with E-state index in [1.165, 1.54) is 12.1 Å². The maximum absolute atomic E-state index is 14.0. The highest BCUT2D eigenvalue weighted by Gasteiger charge is 2.28. The maximum atomic E-state index is 14.0. The van der Waals surface area contributed by atoms with Gasteiger partial charge in [0.05, 0.1) is 24.5 Å². The molecule has 146 valence electrons. The van der Waals surface area contributed by atoms with E-state index < -0.39 is 11.6 Å². The van der Waals surface area contributed by atoms with Crippen molar-refractivity contribution in [3.63, 3.8) is 0 Å². The third-order valence-corrected chi connectivity index (χ3v) is 5.49. The molecule has 0 spiro atoms. The minimum absolute atomic E-state index is 0.144. The van der Waals surface area contributed by atoms with E-state index >= 15 is 0 Å². The van der Waals surface area contributed by atoms with Crippen LogP contribution in [0.25, 0.3) is 0 Å². The Balaban J connectivity index is 1.50. The van der Waals surface area contributed by atoms with Gasteiger partial charge in [-0.05, 0) is 19.1 Å². The lowest BCUT2D eigenvalue weighted by atomic mass is 10.1. The third-order valence-electron chi connectivity index (χ3n) is 5.49. The molecule has 1 aromatic heterocycles. The first-order chi connectivity index (χ1) is 13.5. The molecule has 0 bridgehead atoms. The molecular formula is C21H22F2N4O. The Bertz CT molecular complexity index is 927. The summed E-state index contributed by atoms with van der Waals surface area (Å²) in [5.74, 6) is -0.352. The van der Waals surface area contributed by atoms with Crippen LogP contribution in [0.5, 0.6) is 0 Å². The molecular weight excluding hydrogens is 362 g/mol. The van der Waals surface area contributed by atoms with Gasteiger partial charge in [-0.1, -0.05) is 6.07 Å². The molecule has 0 radical (unpaired) electrons. The van der Waals surface area contributed by atoms with Crippen LogP contribution in [0.2, 0.25) is 0 Å². The van der Waals surface area contributed by atoms with Crippen LogP contribution in [-0.4, -0.2) is 42.2 Å². The Labute approximate surface area is 163 Å². The van der Waals surface area contributed by atoms with Gasteiger partial charge in [0.25, 0.3) is 0 Å². The highest BCUT2D eigenvalue weighted by atomic mass is 19.1. The molecule has 28 heavy (non-hydrogen) atoms. The topological polar surface area (TPSA) is 52.4 Å². The molecule has 4 rings (SSSR count). The van der Waals surface area contributed by atoms with Gasteiger partial charge < -0.3 is 9.64 Å². The molecule has 5 nitrogen and oxygen atoms in total. The highest BCUT2D eigenvalue weighted by molar-refractivity contribution is 5.56. The minimum Gasteiger partial charge on any atom is -0.376 e. The predicted molar refractivity (Wildman–Crippen MR) is 101 cm³/mol. The molecule has 2 aliphatic heterocycles. The molecule has 7 heteroatoms. The van der Waals surface area contributed by atoms with Gasteiger partial charge in [-0.25, -0.2) is 13.8 Å². The van der Waals surface area contributed by atoms with Crippen LogP contribution >= 0.6 is 0 Å². The number of fused-ring (bicyclic) bond motifs is 1. The highest BCUT2D eigenvalue weighted by Crippen LogP contribution is 2.27. The van der Waals surface area contributed by atoms with Gasteiger partial charge in [-0.2, -0.15) is 5.26 Å². The van der Waals surface area contributed by atoms with Crippen LogP contribution < -0.4 is 4.90 Å². The summed E-state index contributed by atoms with van der Waals surface area (Å²) in [6, 6.07) is 8.02. The second kappa shape index (κ2) is 7.82. The lowest BCUT2D eigenvalue weighted by Crippen LogP contribution is -2.52. The Morgan fingerprint density at radius 2 is 2.14 bits per heavy atom. The van der Waals surface area contributed by atoms with Crippen molar-refractivity contribution >= 4 is 5.82 Å². The van der Waals surface area contributed by atoms with Gasteiger partial charge in [-0.3, -0.25) is 4.90 Å². The molecule has 0 saturated carbocycles. The molecule has 0 aliphatic carbocycles. The van der Waals surface area contributed by atoms with Crippen LogP contribution in [0.1, 0.15) is 29.3 Å². The summed E-state index contributed by atoms with van der Waals surface area (Å²) in [5, 5.41) is 9.58. The van der Waals surface area contributed by atoms with E-state index in [-0.39, 0.29) is 6.04 Å². The average Bonchev–Trinajstić information content (AvgIpc) is 2.70. The summed E-state index contributed by atoms with van der Waals surface area (Å²) in [6.07, 6.45) is 0.757. The van der Waals surface area contributed by atoms with Crippen molar-refractivity contribution in [2.45, 2.75) is 32.5 Å². The van der Waals surface area contributed by atoms with Crippen LogP contribution in [-0.2, 0) is 24.3 Å². The predicted octanol–water partition coefficient (Wildman–Crippen LogP) is 3.01. The van der Waals surface area contributed by atoms with Crippen LogP contribution in [0.4, 0.5) is 14.6 Å². The Morgan fingerprint density at radius 1 is 1.29 bits per heavy atom. The summed E-state index contributed by atoms with van der Waals surface area (Å²) in [6.45, 7) is 5.77. The lowest BCUT2D eigenvalue weighted by molar-refractivity contribution is 0.109. The first kappa shape index (κ1) is 18.8. The number of anilines is 1. The fourth-order valence-corrected chi connectivity index (χ4v) is 3.89. The van der Waals surface area contributed by atoms with Gasteiger partial charge in [0.15, 0.2) is 0 Å². The van der Waals surface area contributed by atoms with Crippen molar-refractivity contribution in [2.24, 2.45) is 0 Å². The number of nitrogens with zero attached hydrogens (tertiary/aromatic N) is 4. The zero-order valence-electron chi connectivity index (χ0n) is 15.8. The number of benzene rings is 1. The molecule has 2 aromatic rings. The van der Waals surface area contributed by atoms with Crippen LogP contribution in [0.3, 0.4) is 0 Å². The summed E-state index contributed by atoms with van der Waals surface area (Å²) < 4.78 is 32.6. The Morgan fingerprint density at radius 3 is 2.89 bits per heavy atom.